The highest BCUT2D eigenvalue weighted by Crippen LogP contribution is 2.32. The summed E-state index contributed by atoms with van der Waals surface area (Å²) < 4.78 is 2.02. The fourth-order valence-corrected chi connectivity index (χ4v) is 3.41. The summed E-state index contributed by atoms with van der Waals surface area (Å²) >= 11 is 19.5. The maximum atomic E-state index is 6.44. The van der Waals surface area contributed by atoms with Crippen LogP contribution in [-0.2, 0) is 6.42 Å². The smallest absolute Gasteiger partial charge is 0.0640 e. The molecule has 0 aliphatic rings. The van der Waals surface area contributed by atoms with E-state index in [1.165, 1.54) is 5.56 Å². The first-order valence-electron chi connectivity index (χ1n) is 5.40. The van der Waals surface area contributed by atoms with Crippen molar-refractivity contribution < 1.29 is 0 Å². The van der Waals surface area contributed by atoms with Gasteiger partial charge in [0.1, 0.15) is 0 Å². The molecule has 2 aromatic carbocycles. The molecule has 0 N–H and O–H groups in total. The van der Waals surface area contributed by atoms with Crippen LogP contribution in [0.25, 0.3) is 0 Å². The van der Waals surface area contributed by atoms with Gasteiger partial charge in [-0.2, -0.15) is 0 Å². The molecule has 0 saturated heterocycles. The van der Waals surface area contributed by atoms with Crippen LogP contribution in [0.3, 0.4) is 0 Å². The molecular formula is C14H10Br2Cl2. The lowest BCUT2D eigenvalue weighted by Gasteiger charge is -2.12. The summed E-state index contributed by atoms with van der Waals surface area (Å²) in [6, 6.07) is 13.9. The fraction of sp³-hybridized carbons (Fsp3) is 0.143. The minimum absolute atomic E-state index is 0.125. The third kappa shape index (κ3) is 3.74. The van der Waals surface area contributed by atoms with E-state index < -0.39 is 0 Å². The fourth-order valence-electron chi connectivity index (χ4n) is 1.74. The van der Waals surface area contributed by atoms with Crippen LogP contribution in [0.1, 0.15) is 16.5 Å². The second-order valence-electron chi connectivity index (χ2n) is 3.97. The van der Waals surface area contributed by atoms with E-state index in [0.29, 0.717) is 5.02 Å². The number of hydrogen-bond acceptors (Lipinski definition) is 0. The molecule has 0 radical (unpaired) electrons. The van der Waals surface area contributed by atoms with Crippen molar-refractivity contribution in [2.75, 3.05) is 0 Å². The molecule has 1 atom stereocenters. The molecule has 0 amide bonds. The zero-order valence-electron chi connectivity index (χ0n) is 9.34. The van der Waals surface area contributed by atoms with Crippen molar-refractivity contribution in [2.45, 2.75) is 11.8 Å². The van der Waals surface area contributed by atoms with E-state index in [9.17, 15) is 0 Å². The largest absolute Gasteiger partial charge is 0.117 e. The van der Waals surface area contributed by atoms with Gasteiger partial charge in [0.15, 0.2) is 0 Å². The monoisotopic (exact) mass is 406 g/mol. The molecule has 18 heavy (non-hydrogen) atoms. The summed E-state index contributed by atoms with van der Waals surface area (Å²) in [5.74, 6) is 0. The molecule has 94 valence electrons. The quantitative estimate of drug-likeness (QED) is 0.516. The SMILES string of the molecule is Clc1cc(Br)ccc1C(Cl)Cc1cccc(Br)c1. The molecule has 1 unspecified atom stereocenters. The van der Waals surface area contributed by atoms with Gasteiger partial charge >= 0.3 is 0 Å². The van der Waals surface area contributed by atoms with Gasteiger partial charge in [-0.05, 0) is 41.8 Å². The highest BCUT2D eigenvalue weighted by molar-refractivity contribution is 9.10. The molecule has 0 spiro atoms. The van der Waals surface area contributed by atoms with Crippen molar-refractivity contribution in [3.63, 3.8) is 0 Å². The van der Waals surface area contributed by atoms with Crippen LogP contribution in [0.2, 0.25) is 5.02 Å². The van der Waals surface area contributed by atoms with Crippen molar-refractivity contribution in [1.82, 2.24) is 0 Å². The van der Waals surface area contributed by atoms with Crippen LogP contribution in [0.15, 0.2) is 51.4 Å². The van der Waals surface area contributed by atoms with Crippen molar-refractivity contribution in [2.24, 2.45) is 0 Å². The van der Waals surface area contributed by atoms with Crippen molar-refractivity contribution >= 4 is 55.1 Å². The molecule has 0 fully saturated rings. The first kappa shape index (κ1) is 14.4. The molecule has 4 heteroatoms. The number of hydrogen-bond donors (Lipinski definition) is 0. The van der Waals surface area contributed by atoms with Gasteiger partial charge in [0.2, 0.25) is 0 Å². The standard InChI is InChI=1S/C14H10Br2Cl2/c15-10-3-1-2-9(6-10)7-13(17)12-5-4-11(16)8-14(12)18/h1-6,8,13H,7H2. The molecule has 0 nitrogen and oxygen atoms in total. The third-order valence-corrected chi connectivity index (χ3v) is 4.31. The zero-order valence-corrected chi connectivity index (χ0v) is 14.0. The van der Waals surface area contributed by atoms with E-state index >= 15 is 0 Å². The van der Waals surface area contributed by atoms with Gasteiger partial charge in [0, 0.05) is 14.0 Å². The van der Waals surface area contributed by atoms with E-state index in [2.05, 4.69) is 44.0 Å². The van der Waals surface area contributed by atoms with E-state index in [0.717, 1.165) is 20.9 Å². The van der Waals surface area contributed by atoms with Crippen LogP contribution in [0, 0.1) is 0 Å². The Morgan fingerprint density at radius 3 is 2.39 bits per heavy atom. The van der Waals surface area contributed by atoms with E-state index in [1.54, 1.807) is 0 Å². The van der Waals surface area contributed by atoms with E-state index in [1.807, 2.05) is 30.3 Å². The minimum atomic E-state index is -0.125. The van der Waals surface area contributed by atoms with Crippen molar-refractivity contribution in [1.29, 1.82) is 0 Å². The van der Waals surface area contributed by atoms with Gasteiger partial charge < -0.3 is 0 Å². The Morgan fingerprint density at radius 2 is 1.72 bits per heavy atom. The Hall–Kier alpha value is -0.0200. The van der Waals surface area contributed by atoms with Gasteiger partial charge in [-0.25, -0.2) is 0 Å². The number of benzene rings is 2. The molecule has 0 aromatic heterocycles. The average molecular weight is 409 g/mol. The predicted octanol–water partition coefficient (Wildman–Crippen LogP) is 6.39. The van der Waals surface area contributed by atoms with Crippen LogP contribution in [-0.4, -0.2) is 0 Å². The Labute approximate surface area is 134 Å². The minimum Gasteiger partial charge on any atom is -0.117 e. The summed E-state index contributed by atoms with van der Waals surface area (Å²) in [5.41, 5.74) is 2.14. The second-order valence-corrected chi connectivity index (χ2v) is 6.73. The Balaban J connectivity index is 2.19. The zero-order chi connectivity index (χ0) is 13.1. The Kier molecular flexibility index (Phi) is 5.14. The normalized spacial score (nSPS) is 12.4. The summed E-state index contributed by atoms with van der Waals surface area (Å²) in [6.45, 7) is 0. The van der Waals surface area contributed by atoms with Gasteiger partial charge in [0.25, 0.3) is 0 Å². The highest BCUT2D eigenvalue weighted by atomic mass is 79.9. The molecule has 0 saturated carbocycles. The van der Waals surface area contributed by atoms with E-state index in [4.69, 9.17) is 23.2 Å². The maximum Gasteiger partial charge on any atom is 0.0640 e. The average Bonchev–Trinajstić information content (AvgIpc) is 2.28. The van der Waals surface area contributed by atoms with Gasteiger partial charge in [-0.3, -0.25) is 0 Å². The molecular weight excluding hydrogens is 399 g/mol. The predicted molar refractivity (Wildman–Crippen MR) is 85.6 cm³/mol. The molecule has 2 aromatic rings. The van der Waals surface area contributed by atoms with Crippen LogP contribution < -0.4 is 0 Å². The maximum absolute atomic E-state index is 6.44. The highest BCUT2D eigenvalue weighted by Gasteiger charge is 2.13. The lowest BCUT2D eigenvalue weighted by molar-refractivity contribution is 0.919. The number of rotatable bonds is 3. The van der Waals surface area contributed by atoms with Crippen LogP contribution in [0.4, 0.5) is 0 Å². The summed E-state index contributed by atoms with van der Waals surface area (Å²) in [4.78, 5) is 0. The van der Waals surface area contributed by atoms with Crippen LogP contribution in [0.5, 0.6) is 0 Å². The lowest BCUT2D eigenvalue weighted by atomic mass is 10.0. The number of halogens is 4. The Bertz CT molecular complexity index is 555. The van der Waals surface area contributed by atoms with E-state index in [-0.39, 0.29) is 5.38 Å². The summed E-state index contributed by atoms with van der Waals surface area (Å²) in [7, 11) is 0. The third-order valence-electron chi connectivity index (χ3n) is 2.60. The molecule has 0 aliphatic heterocycles. The topological polar surface area (TPSA) is 0 Å². The van der Waals surface area contributed by atoms with Gasteiger partial charge in [-0.1, -0.05) is 61.7 Å². The molecule has 2 rings (SSSR count). The Morgan fingerprint density at radius 1 is 1.00 bits per heavy atom. The second kappa shape index (κ2) is 6.42. The molecule has 0 heterocycles. The summed E-state index contributed by atoms with van der Waals surface area (Å²) in [6.07, 6.45) is 0.752. The van der Waals surface area contributed by atoms with Crippen molar-refractivity contribution in [3.8, 4) is 0 Å². The molecule has 0 aliphatic carbocycles. The van der Waals surface area contributed by atoms with Crippen molar-refractivity contribution in [3.05, 3.63) is 67.6 Å². The van der Waals surface area contributed by atoms with Gasteiger partial charge in [0.05, 0.1) is 5.38 Å². The van der Waals surface area contributed by atoms with Crippen LogP contribution >= 0.6 is 55.1 Å². The van der Waals surface area contributed by atoms with Gasteiger partial charge in [-0.15, -0.1) is 11.6 Å². The first-order valence-corrected chi connectivity index (χ1v) is 7.80. The summed E-state index contributed by atoms with van der Waals surface area (Å²) in [5, 5.41) is 0.569. The first-order chi connectivity index (χ1) is 8.56. The molecule has 0 bridgehead atoms. The lowest BCUT2D eigenvalue weighted by Crippen LogP contribution is -1.97. The number of alkyl halides is 1.